The van der Waals surface area contributed by atoms with Crippen LogP contribution in [-0.4, -0.2) is 267 Å². The highest BCUT2D eigenvalue weighted by Gasteiger charge is 2.49. The lowest BCUT2D eigenvalue weighted by Gasteiger charge is -2.39. The predicted molar refractivity (Wildman–Crippen MR) is 303 cm³/mol. The van der Waals surface area contributed by atoms with E-state index in [9.17, 15) is 73.8 Å². The molecular weight excluding hydrogens is 1170 g/mol. The number of terminal acetylenes is 1. The van der Waals surface area contributed by atoms with Gasteiger partial charge in [0, 0.05) is 53.1 Å². The summed E-state index contributed by atoms with van der Waals surface area (Å²) in [5, 5.41) is 76.0. The summed E-state index contributed by atoms with van der Waals surface area (Å²) >= 11 is 0. The van der Waals surface area contributed by atoms with Crippen molar-refractivity contribution in [2.24, 2.45) is 44.8 Å². The number of guanidine groups is 2. The number of aliphatic carboxylic acids is 2. The lowest BCUT2D eigenvalue weighted by Crippen LogP contribution is -2.61. The number of carbonyl (C=O) groups excluding carboxylic acids is 7. The van der Waals surface area contributed by atoms with E-state index in [1.54, 1.807) is 0 Å². The average molecular weight is 1260 g/mol. The molecule has 1 fully saturated rings. The Labute approximate surface area is 505 Å². The van der Waals surface area contributed by atoms with Crippen LogP contribution in [0.3, 0.4) is 0 Å². The molecule has 88 heavy (non-hydrogen) atoms. The standard InChI is InChI=1S/C52H83N13O23/c1-4-14-81-16-18-83-20-21-84-19-17-82-15-9-38(72)65-24-30(45(73)57-10-5-7-12-59-51(79)87-41(34(70)26-66)43-39(61-28(2)68)32(63-49(53)54)22-36(85-43)47(75)76)31(25-65)46(74)58-11-6-8-13-60-52(80)88-42(35(71)27-67)44-40(62-29(3)69)33(64-50(55)56)23-37(86-44)48(77)78/h1,22-23,30-35,39-44,66-67,70-71H,5-21,24-27H2,2-3H3,(H,57,73)(H,58,74)(H,59,79)(H,60,80)(H,61,68)(H,62,69)(H,75,76)(H,77,78)(H4,53,54,63)(H4,55,56,64)/t30-,31-,32+,33+,34-,35-,39-,40-,41-,42-,43-,44-/m1/s1. The average Bonchev–Trinajstić information content (AvgIpc) is 2.77. The number of nitrogens with zero attached hydrogens (tertiary/aromatic N) is 3. The molecule has 36 heteroatoms. The van der Waals surface area contributed by atoms with E-state index in [2.05, 4.69) is 47.8 Å². The minimum atomic E-state index is -1.87. The number of unbranched alkanes of at least 4 members (excludes halogenated alkanes) is 2. The van der Waals surface area contributed by atoms with Crippen molar-refractivity contribution in [2.45, 2.75) is 107 Å². The number of aliphatic imine (C=N–C) groups is 2. The van der Waals surface area contributed by atoms with Gasteiger partial charge in [-0.15, -0.1) is 6.42 Å². The first-order chi connectivity index (χ1) is 41.9. The molecule has 0 saturated carbocycles. The van der Waals surface area contributed by atoms with E-state index in [0.717, 1.165) is 26.0 Å². The second kappa shape index (κ2) is 39.5. The SMILES string of the molecule is C#CCOCCOCCOCCOCCC(=O)N1C[C@@H](C(=O)NCCCCNC(=O)O[C@@H]([C@@H]2OC(C(=O)O)=C[C@H](N=C(N)N)[C@H]2NC(C)=O)[C@H](O)CO)[C@H](C(=O)NCCCCNC(=O)O[C@@H]([C@@H]2OC(C(=O)O)=C[C@H](N=C(N)N)[C@H]2NC(C)=O)[C@H](O)CO)C1. The van der Waals surface area contributed by atoms with Crippen LogP contribution in [0.4, 0.5) is 9.59 Å². The van der Waals surface area contributed by atoms with Crippen LogP contribution >= 0.6 is 0 Å². The van der Waals surface area contributed by atoms with Gasteiger partial charge in [-0.2, -0.15) is 0 Å². The fourth-order valence-corrected chi connectivity index (χ4v) is 9.08. The second-order valence-electron chi connectivity index (χ2n) is 19.8. The van der Waals surface area contributed by atoms with Crippen LogP contribution in [0.15, 0.2) is 33.7 Å². The lowest BCUT2D eigenvalue weighted by atomic mass is 9.92. The summed E-state index contributed by atoms with van der Waals surface area (Å²) in [6.45, 7) is 1.76. The number of carboxylic acid groups (broad SMARTS) is 2. The van der Waals surface area contributed by atoms with Gasteiger partial charge < -0.3 is 128 Å². The molecular formula is C52H83N13O23. The molecule has 0 aromatic heterocycles. The number of aliphatic hydroxyl groups is 4. The zero-order valence-electron chi connectivity index (χ0n) is 48.8. The largest absolute Gasteiger partial charge is 0.477 e. The van der Waals surface area contributed by atoms with Gasteiger partial charge in [-0.3, -0.25) is 24.0 Å². The van der Waals surface area contributed by atoms with Crippen LogP contribution in [0, 0.1) is 24.2 Å². The number of nitrogens with one attached hydrogen (secondary N) is 6. The van der Waals surface area contributed by atoms with Gasteiger partial charge in [-0.1, -0.05) is 5.92 Å². The van der Waals surface area contributed by atoms with Gasteiger partial charge in [0.05, 0.1) is 102 Å². The Morgan fingerprint density at radius 1 is 0.614 bits per heavy atom. The predicted octanol–water partition coefficient (Wildman–Crippen LogP) is -7.13. The van der Waals surface area contributed by atoms with E-state index in [-0.39, 0.29) is 104 Å². The van der Waals surface area contributed by atoms with E-state index >= 15 is 0 Å². The van der Waals surface area contributed by atoms with Crippen LogP contribution in [-0.2, 0) is 71.5 Å². The van der Waals surface area contributed by atoms with E-state index in [0.29, 0.717) is 19.8 Å². The number of hydrogen-bond acceptors (Lipinski definition) is 23. The molecule has 20 N–H and O–H groups in total. The van der Waals surface area contributed by atoms with Crippen molar-refractivity contribution in [3.63, 3.8) is 0 Å². The number of ether oxygens (including phenoxy) is 8. The highest BCUT2D eigenvalue weighted by molar-refractivity contribution is 5.91. The van der Waals surface area contributed by atoms with Crippen LogP contribution in [0.5, 0.6) is 0 Å². The molecule has 3 heterocycles. The van der Waals surface area contributed by atoms with Crippen LogP contribution in [0.25, 0.3) is 0 Å². The minimum absolute atomic E-state index is 0.00756. The summed E-state index contributed by atoms with van der Waals surface area (Å²) in [5.41, 5.74) is 22.1. The summed E-state index contributed by atoms with van der Waals surface area (Å²) in [6.07, 6.45) is -4.94. The molecule has 1 saturated heterocycles. The lowest BCUT2D eigenvalue weighted by molar-refractivity contribution is -0.147. The molecule has 0 radical (unpaired) electrons. The molecule has 3 rings (SSSR count). The van der Waals surface area contributed by atoms with E-state index in [1.165, 1.54) is 4.90 Å². The summed E-state index contributed by atoms with van der Waals surface area (Å²) < 4.78 is 43.4. The van der Waals surface area contributed by atoms with Gasteiger partial charge in [0.15, 0.2) is 36.3 Å². The summed E-state index contributed by atoms with van der Waals surface area (Å²) in [7, 11) is 0. The van der Waals surface area contributed by atoms with Gasteiger partial charge in [-0.25, -0.2) is 29.2 Å². The molecule has 494 valence electrons. The Morgan fingerprint density at radius 2 is 0.977 bits per heavy atom. The van der Waals surface area contributed by atoms with Crippen molar-refractivity contribution in [1.82, 2.24) is 36.8 Å². The van der Waals surface area contributed by atoms with E-state index in [1.807, 2.05) is 0 Å². The maximum atomic E-state index is 13.8. The minimum Gasteiger partial charge on any atom is -0.477 e. The summed E-state index contributed by atoms with van der Waals surface area (Å²) in [5.74, 6) is -8.10. The highest BCUT2D eigenvalue weighted by atomic mass is 16.6. The number of nitrogens with two attached hydrogens (primary N) is 4. The Bertz CT molecular complexity index is 2350. The number of carbonyl (C=O) groups is 9. The molecule has 0 aromatic rings. The molecule has 0 aliphatic carbocycles. The Kier molecular flexibility index (Phi) is 33.2. The third kappa shape index (κ3) is 26.0. The Balaban J connectivity index is 1.60. The summed E-state index contributed by atoms with van der Waals surface area (Å²) in [6, 6.07) is -5.17. The zero-order chi connectivity index (χ0) is 65.3. The first kappa shape index (κ1) is 73.9. The quantitative estimate of drug-likeness (QED) is 0.0118. The number of amides is 7. The number of likely N-dealkylation sites (tertiary alicyclic amines) is 1. The number of hydrogen-bond donors (Lipinski definition) is 16. The van der Waals surface area contributed by atoms with Crippen LogP contribution < -0.4 is 54.8 Å². The van der Waals surface area contributed by atoms with Crippen molar-refractivity contribution < 1.29 is 112 Å². The third-order valence-corrected chi connectivity index (χ3v) is 13.1. The van der Waals surface area contributed by atoms with Crippen molar-refractivity contribution in [3.05, 3.63) is 23.7 Å². The van der Waals surface area contributed by atoms with Gasteiger partial charge in [0.25, 0.3) is 0 Å². The molecule has 7 amide bonds. The maximum absolute atomic E-state index is 13.8. The molecule has 0 spiro atoms. The topological polar surface area (TPSA) is 553 Å². The molecule has 36 nitrogen and oxygen atoms in total. The fourth-order valence-electron chi connectivity index (χ4n) is 9.08. The van der Waals surface area contributed by atoms with Crippen molar-refractivity contribution in [2.75, 3.05) is 105 Å². The van der Waals surface area contributed by atoms with Crippen molar-refractivity contribution in [3.8, 4) is 12.3 Å². The summed E-state index contributed by atoms with van der Waals surface area (Å²) in [4.78, 5) is 125. The zero-order valence-corrected chi connectivity index (χ0v) is 48.8. The molecule has 3 aliphatic rings. The first-order valence-corrected chi connectivity index (χ1v) is 27.9. The third-order valence-electron chi connectivity index (χ3n) is 13.1. The van der Waals surface area contributed by atoms with Gasteiger partial charge in [0.1, 0.15) is 18.8 Å². The number of alkyl carbamates (subject to hydrolysis) is 2. The van der Waals surface area contributed by atoms with E-state index in [4.69, 9.17) is 67.3 Å². The van der Waals surface area contributed by atoms with Gasteiger partial charge in [0.2, 0.25) is 41.1 Å². The number of rotatable bonds is 39. The van der Waals surface area contributed by atoms with Crippen LogP contribution in [0.2, 0.25) is 0 Å². The Hall–Kier alpha value is -8.31. The second-order valence-corrected chi connectivity index (χ2v) is 19.8. The molecule has 0 unspecified atom stereocenters. The highest BCUT2D eigenvalue weighted by Crippen LogP contribution is 2.29. The smallest absolute Gasteiger partial charge is 0.407 e. The fraction of sp³-hybridized carbons (Fsp3) is 0.673. The Morgan fingerprint density at radius 3 is 1.32 bits per heavy atom. The number of carboxylic acids is 2. The van der Waals surface area contributed by atoms with Gasteiger partial charge in [-0.05, 0) is 37.8 Å². The number of aliphatic hydroxyl groups excluding tert-OH is 4. The van der Waals surface area contributed by atoms with Crippen molar-refractivity contribution >= 4 is 65.6 Å². The van der Waals surface area contributed by atoms with Crippen LogP contribution in [0.1, 0.15) is 46.0 Å². The molecule has 0 bridgehead atoms. The van der Waals surface area contributed by atoms with Gasteiger partial charge >= 0.3 is 24.1 Å². The molecule has 12 atom stereocenters. The van der Waals surface area contributed by atoms with E-state index < -0.39 is 163 Å². The molecule has 3 aliphatic heterocycles. The van der Waals surface area contributed by atoms with Crippen molar-refractivity contribution in [1.29, 1.82) is 0 Å². The first-order valence-electron chi connectivity index (χ1n) is 27.9. The maximum Gasteiger partial charge on any atom is 0.407 e. The monoisotopic (exact) mass is 1260 g/mol. The normalized spacial score (nSPS) is 21.7. The molecule has 0 aromatic carbocycles.